The highest BCUT2D eigenvalue weighted by atomic mass is 16.6. The second-order valence-corrected chi connectivity index (χ2v) is 17.9. The van der Waals surface area contributed by atoms with E-state index in [9.17, 15) is 14.4 Å². The molecule has 0 saturated heterocycles. The molecule has 0 radical (unpaired) electrons. The van der Waals surface area contributed by atoms with Crippen LogP contribution in [0.15, 0.2) is 60.8 Å². The first-order valence-electron chi connectivity index (χ1n) is 26.9. The lowest BCUT2D eigenvalue weighted by molar-refractivity contribution is -0.167. The Kier molecular flexibility index (Phi) is 49.4. The number of hydrogen-bond acceptors (Lipinski definition) is 6. The second kappa shape index (κ2) is 51.7. The van der Waals surface area contributed by atoms with Crippen LogP contribution in [0.4, 0.5) is 0 Å². The summed E-state index contributed by atoms with van der Waals surface area (Å²) in [4.78, 5) is 38.0. The van der Waals surface area contributed by atoms with Gasteiger partial charge < -0.3 is 14.2 Å². The van der Waals surface area contributed by atoms with Crippen LogP contribution in [0.2, 0.25) is 0 Å². The molecule has 0 aliphatic carbocycles. The quantitative estimate of drug-likeness (QED) is 0.0262. The van der Waals surface area contributed by atoms with Crippen LogP contribution in [-0.2, 0) is 28.6 Å². The smallest absolute Gasteiger partial charge is 0.306 e. The van der Waals surface area contributed by atoms with E-state index in [0.717, 1.165) is 51.4 Å². The zero-order valence-corrected chi connectivity index (χ0v) is 41.6. The van der Waals surface area contributed by atoms with E-state index < -0.39 is 6.10 Å². The van der Waals surface area contributed by atoms with Crippen molar-refractivity contribution in [2.45, 2.75) is 271 Å². The monoisotopic (exact) mass is 881 g/mol. The van der Waals surface area contributed by atoms with Crippen molar-refractivity contribution in [3.05, 3.63) is 60.8 Å². The lowest BCUT2D eigenvalue weighted by Gasteiger charge is -2.18. The first-order chi connectivity index (χ1) is 31.0. The average Bonchev–Trinajstić information content (AvgIpc) is 3.28. The summed E-state index contributed by atoms with van der Waals surface area (Å²) in [7, 11) is 0. The topological polar surface area (TPSA) is 78.9 Å². The van der Waals surface area contributed by atoms with Gasteiger partial charge in [0.15, 0.2) is 6.10 Å². The Labute approximate surface area is 390 Å². The lowest BCUT2D eigenvalue weighted by Crippen LogP contribution is -2.30. The van der Waals surface area contributed by atoms with E-state index >= 15 is 0 Å². The first kappa shape index (κ1) is 60.1. The van der Waals surface area contributed by atoms with Crippen LogP contribution >= 0.6 is 0 Å². The van der Waals surface area contributed by atoms with E-state index in [4.69, 9.17) is 14.2 Å². The van der Waals surface area contributed by atoms with Gasteiger partial charge in [0.1, 0.15) is 13.2 Å². The van der Waals surface area contributed by atoms with Gasteiger partial charge in [0.25, 0.3) is 0 Å². The van der Waals surface area contributed by atoms with Gasteiger partial charge in [0, 0.05) is 19.3 Å². The SMILES string of the molecule is CC/C=C/C=C/C=C/C=C/C=C/CCCC(=O)OCC(COC(=O)CCCCCCCCCCCCCCCCCC)OC(=O)CCCCCCCCCCCCCCCCCC. The van der Waals surface area contributed by atoms with Gasteiger partial charge in [-0.05, 0) is 32.1 Å². The third-order valence-corrected chi connectivity index (χ3v) is 11.7. The molecular formula is C57H100O6. The summed E-state index contributed by atoms with van der Waals surface area (Å²) in [6, 6.07) is 0. The molecule has 1 unspecified atom stereocenters. The zero-order valence-electron chi connectivity index (χ0n) is 41.6. The molecule has 0 aliphatic rings. The number of allylic oxidation sites excluding steroid dienone is 10. The molecule has 0 fully saturated rings. The van der Waals surface area contributed by atoms with Gasteiger partial charge >= 0.3 is 17.9 Å². The van der Waals surface area contributed by atoms with Crippen molar-refractivity contribution in [3.8, 4) is 0 Å². The molecular weight excluding hydrogens is 781 g/mol. The average molecular weight is 881 g/mol. The van der Waals surface area contributed by atoms with Gasteiger partial charge in [-0.1, -0.05) is 274 Å². The van der Waals surface area contributed by atoms with E-state index in [-0.39, 0.29) is 37.5 Å². The van der Waals surface area contributed by atoms with Gasteiger partial charge in [-0.15, -0.1) is 0 Å². The molecule has 0 N–H and O–H groups in total. The van der Waals surface area contributed by atoms with Gasteiger partial charge in [-0.3, -0.25) is 14.4 Å². The normalized spacial score (nSPS) is 12.5. The summed E-state index contributed by atoms with van der Waals surface area (Å²) < 4.78 is 16.8. The fourth-order valence-corrected chi connectivity index (χ4v) is 7.65. The second-order valence-electron chi connectivity index (χ2n) is 17.9. The van der Waals surface area contributed by atoms with Crippen LogP contribution in [0.5, 0.6) is 0 Å². The zero-order chi connectivity index (χ0) is 45.8. The molecule has 6 heteroatoms. The molecule has 364 valence electrons. The van der Waals surface area contributed by atoms with Gasteiger partial charge in [0.05, 0.1) is 0 Å². The molecule has 0 spiro atoms. The minimum Gasteiger partial charge on any atom is -0.462 e. The molecule has 63 heavy (non-hydrogen) atoms. The molecule has 6 nitrogen and oxygen atoms in total. The molecule has 0 aromatic carbocycles. The fourth-order valence-electron chi connectivity index (χ4n) is 7.65. The molecule has 0 bridgehead atoms. The van der Waals surface area contributed by atoms with Gasteiger partial charge in [0.2, 0.25) is 0 Å². The van der Waals surface area contributed by atoms with E-state index in [1.807, 2.05) is 54.7 Å². The van der Waals surface area contributed by atoms with Crippen molar-refractivity contribution in [2.75, 3.05) is 13.2 Å². The summed E-state index contributed by atoms with van der Waals surface area (Å²) >= 11 is 0. The summed E-state index contributed by atoms with van der Waals surface area (Å²) in [6.45, 7) is 6.46. The van der Waals surface area contributed by atoms with Crippen molar-refractivity contribution in [2.24, 2.45) is 0 Å². The molecule has 0 aromatic rings. The maximum atomic E-state index is 12.8. The number of rotatable bonds is 48. The maximum absolute atomic E-state index is 12.8. The lowest BCUT2D eigenvalue weighted by atomic mass is 10.0. The van der Waals surface area contributed by atoms with Crippen LogP contribution in [0.3, 0.4) is 0 Å². The Hall–Kier alpha value is -2.89. The number of carbonyl (C=O) groups excluding carboxylic acids is 3. The molecule has 0 aromatic heterocycles. The molecule has 0 rings (SSSR count). The number of carbonyl (C=O) groups is 3. The standard InChI is InChI=1S/C57H100O6/c1-4-7-10-13-16-19-22-25-27-29-32-35-38-41-44-47-50-56(59)62-53-54(52-61-55(58)49-46-43-40-37-34-31-24-21-18-15-12-9-6-3)63-57(60)51-48-45-42-39-36-33-30-28-26-23-20-17-14-11-8-5-2/h9,12,15,18,21,24,31,34,37,40,54H,4-8,10-11,13-14,16-17,19-20,22-23,25-30,32-33,35-36,38-39,41-53H2,1-3H3/b12-9+,18-15+,24-21+,34-31+,40-37+. The number of unbranched alkanes of at least 4 members (excludes halogenated alkanes) is 31. The summed E-state index contributed by atoms with van der Waals surface area (Å²) in [5.74, 6) is -0.959. The van der Waals surface area contributed by atoms with Crippen LogP contribution < -0.4 is 0 Å². The van der Waals surface area contributed by atoms with Crippen LogP contribution in [0.25, 0.3) is 0 Å². The molecule has 1 atom stereocenters. The molecule has 0 heterocycles. The van der Waals surface area contributed by atoms with E-state index in [1.165, 1.54) is 167 Å². The van der Waals surface area contributed by atoms with E-state index in [2.05, 4.69) is 26.8 Å². The molecule has 0 aliphatic heterocycles. The van der Waals surface area contributed by atoms with Crippen LogP contribution in [0.1, 0.15) is 265 Å². The van der Waals surface area contributed by atoms with Crippen molar-refractivity contribution < 1.29 is 28.6 Å². The fraction of sp³-hybridized carbons (Fsp3) is 0.772. The van der Waals surface area contributed by atoms with Crippen LogP contribution in [0, 0.1) is 0 Å². The van der Waals surface area contributed by atoms with E-state index in [1.54, 1.807) is 0 Å². The van der Waals surface area contributed by atoms with Crippen LogP contribution in [-0.4, -0.2) is 37.2 Å². The Bertz CT molecular complexity index is 1150. The summed E-state index contributed by atoms with van der Waals surface area (Å²) in [6.07, 6.45) is 63.6. The van der Waals surface area contributed by atoms with Crippen molar-refractivity contribution in [3.63, 3.8) is 0 Å². The summed E-state index contributed by atoms with van der Waals surface area (Å²) in [5.41, 5.74) is 0. The predicted molar refractivity (Wildman–Crippen MR) is 270 cm³/mol. The third-order valence-electron chi connectivity index (χ3n) is 11.7. The Morgan fingerprint density at radius 1 is 0.333 bits per heavy atom. The Balaban J connectivity index is 4.42. The number of ether oxygens (including phenoxy) is 3. The van der Waals surface area contributed by atoms with Gasteiger partial charge in [-0.2, -0.15) is 0 Å². The number of hydrogen-bond donors (Lipinski definition) is 0. The minimum absolute atomic E-state index is 0.0928. The Morgan fingerprint density at radius 2 is 0.619 bits per heavy atom. The summed E-state index contributed by atoms with van der Waals surface area (Å²) in [5, 5.41) is 0. The Morgan fingerprint density at radius 3 is 0.968 bits per heavy atom. The van der Waals surface area contributed by atoms with E-state index in [0.29, 0.717) is 19.3 Å². The van der Waals surface area contributed by atoms with Crippen molar-refractivity contribution in [1.82, 2.24) is 0 Å². The molecule has 0 saturated carbocycles. The van der Waals surface area contributed by atoms with Crippen molar-refractivity contribution in [1.29, 1.82) is 0 Å². The largest absolute Gasteiger partial charge is 0.462 e. The maximum Gasteiger partial charge on any atom is 0.306 e. The highest BCUT2D eigenvalue weighted by Crippen LogP contribution is 2.16. The van der Waals surface area contributed by atoms with Gasteiger partial charge in [-0.25, -0.2) is 0 Å². The first-order valence-corrected chi connectivity index (χ1v) is 26.9. The molecule has 0 amide bonds. The third kappa shape index (κ3) is 50.0. The van der Waals surface area contributed by atoms with Crippen molar-refractivity contribution >= 4 is 17.9 Å². The minimum atomic E-state index is -0.798. The highest BCUT2D eigenvalue weighted by Gasteiger charge is 2.19. The predicted octanol–water partition coefficient (Wildman–Crippen LogP) is 17.6. The number of esters is 3. The highest BCUT2D eigenvalue weighted by molar-refractivity contribution is 5.71.